The maximum Gasteiger partial charge on any atom is 0.145 e. The molecule has 0 fully saturated rings. The summed E-state index contributed by atoms with van der Waals surface area (Å²) in [4.78, 5) is 0. The zero-order valence-corrected chi connectivity index (χ0v) is 13.1. The fraction of sp³-hybridized carbons (Fsp3) is 0.625. The highest BCUT2D eigenvalue weighted by atomic mass is 35.5. The van der Waals surface area contributed by atoms with Gasteiger partial charge in [0.25, 0.3) is 0 Å². The Balaban J connectivity index is 2.87. The van der Waals surface area contributed by atoms with E-state index in [2.05, 4.69) is 33.0 Å². The van der Waals surface area contributed by atoms with Crippen LogP contribution in [0.2, 0.25) is 5.02 Å². The van der Waals surface area contributed by atoms with Crippen molar-refractivity contribution >= 4 is 11.6 Å². The van der Waals surface area contributed by atoms with E-state index in [1.807, 2.05) is 12.1 Å². The molecule has 1 aromatic rings. The summed E-state index contributed by atoms with van der Waals surface area (Å²) in [5.74, 6) is 0.928. The van der Waals surface area contributed by atoms with Crippen LogP contribution < -0.4 is 5.32 Å². The SMILES string of the molecule is CCC(C)C(CNCC(C)C)c1cccc(Cl)c1F. The van der Waals surface area contributed by atoms with Crippen LogP contribution in [0, 0.1) is 17.7 Å². The van der Waals surface area contributed by atoms with Crippen LogP contribution in [0.4, 0.5) is 4.39 Å². The molecule has 1 N–H and O–H groups in total. The third-order valence-corrected chi connectivity index (χ3v) is 3.92. The third-order valence-electron chi connectivity index (χ3n) is 3.63. The number of hydrogen-bond acceptors (Lipinski definition) is 1. The molecule has 0 saturated carbocycles. The lowest BCUT2D eigenvalue weighted by molar-refractivity contribution is 0.398. The van der Waals surface area contributed by atoms with Gasteiger partial charge in [-0.05, 0) is 30.0 Å². The van der Waals surface area contributed by atoms with Crippen LogP contribution >= 0.6 is 11.6 Å². The number of benzene rings is 1. The van der Waals surface area contributed by atoms with Gasteiger partial charge in [-0.2, -0.15) is 0 Å². The number of halogens is 2. The Morgan fingerprint density at radius 2 is 1.89 bits per heavy atom. The van der Waals surface area contributed by atoms with Gasteiger partial charge in [-0.25, -0.2) is 4.39 Å². The van der Waals surface area contributed by atoms with E-state index in [-0.39, 0.29) is 16.8 Å². The number of hydrogen-bond donors (Lipinski definition) is 1. The smallest absolute Gasteiger partial charge is 0.145 e. The summed E-state index contributed by atoms with van der Waals surface area (Å²) in [7, 11) is 0. The molecule has 0 aliphatic rings. The third kappa shape index (κ3) is 4.77. The van der Waals surface area contributed by atoms with Crippen molar-refractivity contribution in [2.75, 3.05) is 13.1 Å². The first-order chi connectivity index (χ1) is 8.97. The Morgan fingerprint density at radius 1 is 1.21 bits per heavy atom. The first-order valence-corrected chi connectivity index (χ1v) is 7.49. The molecule has 1 aromatic carbocycles. The summed E-state index contributed by atoms with van der Waals surface area (Å²) in [6.07, 6.45) is 1.03. The Bertz CT molecular complexity index is 392. The molecule has 0 aromatic heterocycles. The zero-order valence-electron chi connectivity index (χ0n) is 12.3. The molecule has 0 heterocycles. The van der Waals surface area contributed by atoms with E-state index in [1.54, 1.807) is 6.07 Å². The molecule has 108 valence electrons. The largest absolute Gasteiger partial charge is 0.316 e. The van der Waals surface area contributed by atoms with Gasteiger partial charge in [0.05, 0.1) is 5.02 Å². The molecule has 19 heavy (non-hydrogen) atoms. The van der Waals surface area contributed by atoms with Gasteiger partial charge in [-0.15, -0.1) is 0 Å². The predicted octanol–water partition coefficient (Wildman–Crippen LogP) is 4.85. The quantitative estimate of drug-likeness (QED) is 0.755. The lowest BCUT2D eigenvalue weighted by atomic mass is 9.85. The average Bonchev–Trinajstić information content (AvgIpc) is 2.37. The molecular formula is C16H25ClFN. The van der Waals surface area contributed by atoms with Crippen molar-refractivity contribution < 1.29 is 4.39 Å². The Morgan fingerprint density at radius 3 is 2.47 bits per heavy atom. The fourth-order valence-electron chi connectivity index (χ4n) is 2.24. The standard InChI is InChI=1S/C16H25ClFN/c1-5-12(4)14(10-19-9-11(2)3)13-7-6-8-15(17)16(13)18/h6-8,11-12,14,19H,5,9-10H2,1-4H3. The van der Waals surface area contributed by atoms with Crippen LogP contribution in [-0.4, -0.2) is 13.1 Å². The normalized spacial score (nSPS) is 14.7. The highest BCUT2D eigenvalue weighted by Crippen LogP contribution is 2.31. The van der Waals surface area contributed by atoms with Gasteiger partial charge in [-0.3, -0.25) is 0 Å². The van der Waals surface area contributed by atoms with Crippen molar-refractivity contribution in [2.45, 2.75) is 40.0 Å². The number of rotatable bonds is 7. The summed E-state index contributed by atoms with van der Waals surface area (Å²) in [5.41, 5.74) is 0.734. The minimum atomic E-state index is -0.263. The first-order valence-electron chi connectivity index (χ1n) is 7.11. The molecule has 0 saturated heterocycles. The predicted molar refractivity (Wildman–Crippen MR) is 81.3 cm³/mol. The topological polar surface area (TPSA) is 12.0 Å². The Hall–Kier alpha value is -0.600. The lowest BCUT2D eigenvalue weighted by Crippen LogP contribution is -2.29. The van der Waals surface area contributed by atoms with Crippen LogP contribution in [0.15, 0.2) is 18.2 Å². The molecule has 0 radical (unpaired) electrons. The number of nitrogens with one attached hydrogen (secondary N) is 1. The summed E-state index contributed by atoms with van der Waals surface area (Å²) in [6.45, 7) is 10.4. The van der Waals surface area contributed by atoms with E-state index in [9.17, 15) is 4.39 Å². The lowest BCUT2D eigenvalue weighted by Gasteiger charge is -2.25. The Kier molecular flexibility index (Phi) is 6.81. The molecule has 0 aliphatic heterocycles. The highest BCUT2D eigenvalue weighted by Gasteiger charge is 2.22. The van der Waals surface area contributed by atoms with Crippen LogP contribution in [-0.2, 0) is 0 Å². The highest BCUT2D eigenvalue weighted by molar-refractivity contribution is 6.30. The van der Waals surface area contributed by atoms with E-state index < -0.39 is 0 Å². The molecular weight excluding hydrogens is 261 g/mol. The van der Waals surface area contributed by atoms with Crippen LogP contribution in [0.5, 0.6) is 0 Å². The van der Waals surface area contributed by atoms with Gasteiger partial charge in [0.15, 0.2) is 0 Å². The minimum absolute atomic E-state index is 0.169. The summed E-state index contributed by atoms with van der Waals surface area (Å²) < 4.78 is 14.2. The average molecular weight is 286 g/mol. The second-order valence-electron chi connectivity index (χ2n) is 5.69. The molecule has 3 heteroatoms. The van der Waals surface area contributed by atoms with E-state index in [0.717, 1.165) is 25.1 Å². The van der Waals surface area contributed by atoms with E-state index >= 15 is 0 Å². The van der Waals surface area contributed by atoms with Crippen molar-refractivity contribution in [3.8, 4) is 0 Å². The molecule has 0 spiro atoms. The molecule has 2 unspecified atom stereocenters. The van der Waals surface area contributed by atoms with E-state index in [1.165, 1.54) is 0 Å². The zero-order chi connectivity index (χ0) is 14.4. The van der Waals surface area contributed by atoms with Gasteiger partial charge in [0.1, 0.15) is 5.82 Å². The van der Waals surface area contributed by atoms with Crippen molar-refractivity contribution in [3.63, 3.8) is 0 Å². The van der Waals surface area contributed by atoms with Crippen LogP contribution in [0.3, 0.4) is 0 Å². The first kappa shape index (κ1) is 16.5. The molecule has 2 atom stereocenters. The van der Waals surface area contributed by atoms with Crippen molar-refractivity contribution in [1.29, 1.82) is 0 Å². The van der Waals surface area contributed by atoms with Crippen LogP contribution in [0.1, 0.15) is 45.6 Å². The van der Waals surface area contributed by atoms with Crippen molar-refractivity contribution in [2.24, 2.45) is 11.8 Å². The second kappa shape index (κ2) is 7.86. The summed E-state index contributed by atoms with van der Waals surface area (Å²) in [5, 5.41) is 3.65. The summed E-state index contributed by atoms with van der Waals surface area (Å²) in [6, 6.07) is 5.29. The maximum absolute atomic E-state index is 14.2. The van der Waals surface area contributed by atoms with Crippen molar-refractivity contribution in [1.82, 2.24) is 5.32 Å². The second-order valence-corrected chi connectivity index (χ2v) is 6.09. The van der Waals surface area contributed by atoms with Crippen molar-refractivity contribution in [3.05, 3.63) is 34.6 Å². The van der Waals surface area contributed by atoms with Gasteiger partial charge in [-0.1, -0.05) is 57.8 Å². The van der Waals surface area contributed by atoms with Gasteiger partial charge in [0.2, 0.25) is 0 Å². The molecule has 0 bridgehead atoms. The van der Waals surface area contributed by atoms with Gasteiger partial charge in [0, 0.05) is 12.5 Å². The molecule has 0 amide bonds. The van der Waals surface area contributed by atoms with Gasteiger partial charge < -0.3 is 5.32 Å². The molecule has 1 rings (SSSR count). The monoisotopic (exact) mass is 285 g/mol. The van der Waals surface area contributed by atoms with E-state index in [0.29, 0.717) is 11.8 Å². The minimum Gasteiger partial charge on any atom is -0.316 e. The molecule has 0 aliphatic carbocycles. The summed E-state index contributed by atoms with van der Waals surface area (Å²) >= 11 is 5.89. The maximum atomic E-state index is 14.2. The fourth-order valence-corrected chi connectivity index (χ4v) is 2.42. The Labute approximate surface area is 121 Å². The van der Waals surface area contributed by atoms with E-state index in [4.69, 9.17) is 11.6 Å². The van der Waals surface area contributed by atoms with Crippen LogP contribution in [0.25, 0.3) is 0 Å². The molecule has 1 nitrogen and oxygen atoms in total. The van der Waals surface area contributed by atoms with Gasteiger partial charge >= 0.3 is 0 Å².